The molecule has 1 aromatic carbocycles. The molecule has 142 valence electrons. The zero-order valence-electron chi connectivity index (χ0n) is 14.9. The van der Waals surface area contributed by atoms with E-state index in [1.165, 1.54) is 18.5 Å². The number of amides is 1. The first-order valence-electron chi connectivity index (χ1n) is 9.04. The second kappa shape index (κ2) is 10.2. The van der Waals surface area contributed by atoms with Gasteiger partial charge in [-0.1, -0.05) is 18.2 Å². The summed E-state index contributed by atoms with van der Waals surface area (Å²) in [6.45, 7) is 4.85. The van der Waals surface area contributed by atoms with Crippen molar-refractivity contribution in [1.82, 2.24) is 5.32 Å². The van der Waals surface area contributed by atoms with Crippen LogP contribution in [0.3, 0.4) is 0 Å². The van der Waals surface area contributed by atoms with E-state index < -0.39 is 0 Å². The third-order valence-electron chi connectivity index (χ3n) is 5.69. The predicted octanol–water partition coefficient (Wildman–Crippen LogP) is 3.24. The lowest BCUT2D eigenvalue weighted by atomic mass is 9.84. The van der Waals surface area contributed by atoms with Gasteiger partial charge in [-0.05, 0) is 56.6 Å². The Kier molecular flexibility index (Phi) is 9.04. The number of nitrogens with zero attached hydrogens (tertiary/aromatic N) is 1. The molecule has 4 unspecified atom stereocenters. The predicted molar refractivity (Wildman–Crippen MR) is 109 cm³/mol. The van der Waals surface area contributed by atoms with E-state index in [1.54, 1.807) is 0 Å². The van der Waals surface area contributed by atoms with Crippen LogP contribution < -0.4 is 16.0 Å². The Morgan fingerprint density at radius 2 is 1.88 bits per heavy atom. The molecule has 0 aromatic heterocycles. The van der Waals surface area contributed by atoms with Gasteiger partial charge in [0.05, 0.1) is 5.92 Å². The van der Waals surface area contributed by atoms with Crippen LogP contribution >= 0.6 is 24.8 Å². The molecule has 1 amide bonds. The fraction of sp³-hybridized carbons (Fsp3) is 0.632. The van der Waals surface area contributed by atoms with Crippen LogP contribution in [-0.4, -0.2) is 31.6 Å². The second-order valence-electron chi connectivity index (χ2n) is 7.00. The normalized spacial score (nSPS) is 26.5. The summed E-state index contributed by atoms with van der Waals surface area (Å²) in [5.41, 5.74) is 7.49. The monoisotopic (exact) mass is 387 g/mol. The van der Waals surface area contributed by atoms with Gasteiger partial charge in [0.15, 0.2) is 0 Å². The molecule has 0 spiro atoms. The summed E-state index contributed by atoms with van der Waals surface area (Å²) < 4.78 is 0. The number of benzene rings is 1. The number of para-hydroxylation sites is 1. The number of nitrogens with two attached hydrogens (primary N) is 1. The Bertz CT molecular complexity index is 527. The molecular formula is C19H31Cl2N3O. The summed E-state index contributed by atoms with van der Waals surface area (Å²) in [6.07, 6.45) is 4.54. The highest BCUT2D eigenvalue weighted by Crippen LogP contribution is 2.47. The molecule has 6 heteroatoms. The highest BCUT2D eigenvalue weighted by molar-refractivity contribution is 5.85. The molecule has 2 fully saturated rings. The number of anilines is 1. The smallest absolute Gasteiger partial charge is 0.224 e. The van der Waals surface area contributed by atoms with Crippen molar-refractivity contribution in [2.45, 2.75) is 38.6 Å². The highest BCUT2D eigenvalue weighted by atomic mass is 35.5. The van der Waals surface area contributed by atoms with Gasteiger partial charge in [-0.15, -0.1) is 24.8 Å². The van der Waals surface area contributed by atoms with Crippen LogP contribution in [0.4, 0.5) is 5.69 Å². The standard InChI is InChI=1S/C19H29N3O.2ClH/c1-2-22(16-7-4-3-5-8-16)12-6-11-21-19(23)17-14-9-10-15(13-14)18(17)20;;/h3-5,7-8,14-15,17-18H,2,6,9-13,20H2,1H3,(H,21,23);2*1H. The summed E-state index contributed by atoms with van der Waals surface area (Å²) in [5.74, 6) is 1.37. The van der Waals surface area contributed by atoms with Crippen molar-refractivity contribution in [3.8, 4) is 0 Å². The van der Waals surface area contributed by atoms with Crippen LogP contribution in [-0.2, 0) is 4.79 Å². The fourth-order valence-electron chi connectivity index (χ4n) is 4.43. The van der Waals surface area contributed by atoms with Gasteiger partial charge in [0, 0.05) is 31.4 Å². The van der Waals surface area contributed by atoms with E-state index in [-0.39, 0.29) is 42.7 Å². The first-order valence-corrected chi connectivity index (χ1v) is 9.04. The molecule has 2 aliphatic carbocycles. The topological polar surface area (TPSA) is 58.4 Å². The third kappa shape index (κ3) is 5.02. The van der Waals surface area contributed by atoms with Crippen molar-refractivity contribution in [2.75, 3.05) is 24.5 Å². The van der Waals surface area contributed by atoms with Gasteiger partial charge in [-0.3, -0.25) is 4.79 Å². The molecule has 0 radical (unpaired) electrons. The first-order chi connectivity index (χ1) is 11.2. The second-order valence-corrected chi connectivity index (χ2v) is 7.00. The van der Waals surface area contributed by atoms with E-state index in [4.69, 9.17) is 5.73 Å². The minimum Gasteiger partial charge on any atom is -0.372 e. The molecular weight excluding hydrogens is 357 g/mol. The highest BCUT2D eigenvalue weighted by Gasteiger charge is 2.48. The molecule has 0 aliphatic heterocycles. The molecule has 3 N–H and O–H groups in total. The number of carbonyl (C=O) groups is 1. The largest absolute Gasteiger partial charge is 0.372 e. The summed E-state index contributed by atoms with van der Waals surface area (Å²) >= 11 is 0. The average molecular weight is 388 g/mol. The summed E-state index contributed by atoms with van der Waals surface area (Å²) in [5, 5.41) is 3.13. The SMILES string of the molecule is CCN(CCCNC(=O)C1C2CCC(C2)C1N)c1ccccc1.Cl.Cl. The van der Waals surface area contributed by atoms with Crippen molar-refractivity contribution < 1.29 is 4.79 Å². The van der Waals surface area contributed by atoms with Crippen LogP contribution in [0.2, 0.25) is 0 Å². The Balaban J connectivity index is 0.00000156. The van der Waals surface area contributed by atoms with Crippen molar-refractivity contribution in [3.05, 3.63) is 30.3 Å². The number of fused-ring (bicyclic) bond motifs is 2. The number of hydrogen-bond donors (Lipinski definition) is 2. The molecule has 3 rings (SSSR count). The molecule has 4 atom stereocenters. The number of carbonyl (C=O) groups excluding carboxylic acids is 1. The molecule has 2 saturated carbocycles. The zero-order chi connectivity index (χ0) is 16.2. The van der Waals surface area contributed by atoms with Gasteiger partial charge in [-0.25, -0.2) is 0 Å². The maximum atomic E-state index is 12.4. The Labute approximate surface area is 163 Å². The fourth-order valence-corrected chi connectivity index (χ4v) is 4.43. The number of nitrogens with one attached hydrogen (secondary N) is 1. The van der Waals surface area contributed by atoms with E-state index >= 15 is 0 Å². The van der Waals surface area contributed by atoms with Crippen molar-refractivity contribution in [1.29, 1.82) is 0 Å². The van der Waals surface area contributed by atoms with E-state index in [1.807, 2.05) is 6.07 Å². The van der Waals surface area contributed by atoms with Gasteiger partial charge in [0.2, 0.25) is 5.91 Å². The summed E-state index contributed by atoms with van der Waals surface area (Å²) in [4.78, 5) is 14.8. The van der Waals surface area contributed by atoms with Crippen LogP contribution in [0.25, 0.3) is 0 Å². The maximum absolute atomic E-state index is 12.4. The Morgan fingerprint density at radius 1 is 1.20 bits per heavy atom. The summed E-state index contributed by atoms with van der Waals surface area (Å²) in [7, 11) is 0. The van der Waals surface area contributed by atoms with Crippen molar-refractivity contribution >= 4 is 36.4 Å². The van der Waals surface area contributed by atoms with Gasteiger partial charge >= 0.3 is 0 Å². The van der Waals surface area contributed by atoms with E-state index in [0.717, 1.165) is 32.5 Å². The Morgan fingerprint density at radius 3 is 2.48 bits per heavy atom. The van der Waals surface area contributed by atoms with Gasteiger partial charge in [0.1, 0.15) is 0 Å². The zero-order valence-corrected chi connectivity index (χ0v) is 16.5. The minimum absolute atomic E-state index is 0. The molecule has 2 bridgehead atoms. The van der Waals surface area contributed by atoms with Gasteiger partial charge < -0.3 is 16.0 Å². The summed E-state index contributed by atoms with van der Waals surface area (Å²) in [6, 6.07) is 10.5. The van der Waals surface area contributed by atoms with E-state index in [9.17, 15) is 4.79 Å². The van der Waals surface area contributed by atoms with Crippen molar-refractivity contribution in [3.63, 3.8) is 0 Å². The molecule has 0 heterocycles. The van der Waals surface area contributed by atoms with Crippen LogP contribution in [0.5, 0.6) is 0 Å². The molecule has 2 aliphatic rings. The maximum Gasteiger partial charge on any atom is 0.224 e. The molecule has 1 aromatic rings. The lowest BCUT2D eigenvalue weighted by Crippen LogP contribution is -2.45. The number of rotatable bonds is 7. The van der Waals surface area contributed by atoms with Crippen LogP contribution in [0, 0.1) is 17.8 Å². The van der Waals surface area contributed by atoms with Gasteiger partial charge in [0.25, 0.3) is 0 Å². The number of halogens is 2. The lowest BCUT2D eigenvalue weighted by Gasteiger charge is -2.27. The quantitative estimate of drug-likeness (QED) is 0.705. The Hall–Kier alpha value is -0.970. The third-order valence-corrected chi connectivity index (χ3v) is 5.69. The minimum atomic E-state index is 0. The lowest BCUT2D eigenvalue weighted by molar-refractivity contribution is -0.127. The molecule has 4 nitrogen and oxygen atoms in total. The van der Waals surface area contributed by atoms with Crippen molar-refractivity contribution in [2.24, 2.45) is 23.5 Å². The number of hydrogen-bond acceptors (Lipinski definition) is 3. The van der Waals surface area contributed by atoms with Gasteiger partial charge in [-0.2, -0.15) is 0 Å². The molecule has 25 heavy (non-hydrogen) atoms. The van der Waals surface area contributed by atoms with E-state index in [0.29, 0.717) is 11.8 Å². The molecule has 0 saturated heterocycles. The van der Waals surface area contributed by atoms with Crippen LogP contribution in [0.15, 0.2) is 30.3 Å². The van der Waals surface area contributed by atoms with E-state index in [2.05, 4.69) is 41.4 Å². The first kappa shape index (κ1) is 22.1. The van der Waals surface area contributed by atoms with Crippen LogP contribution in [0.1, 0.15) is 32.6 Å². The average Bonchev–Trinajstić information content (AvgIpc) is 3.16.